The Morgan fingerprint density at radius 3 is 1.32 bits per heavy atom. The lowest BCUT2D eigenvalue weighted by Crippen LogP contribution is -2.65. The number of aliphatic hydroxyl groups is 8. The number of hydrogen-bond acceptors (Lipinski definition) is 13. The zero-order valence-corrected chi connectivity index (χ0v) is 49.0. The monoisotopic (exact) mass is 1120 g/mol. The highest BCUT2D eigenvalue weighted by molar-refractivity contribution is 5.76. The van der Waals surface area contributed by atoms with Crippen LogP contribution in [0.4, 0.5) is 0 Å². The van der Waals surface area contributed by atoms with Crippen LogP contribution >= 0.6 is 0 Å². The smallest absolute Gasteiger partial charge is 0.220 e. The van der Waals surface area contributed by atoms with Crippen molar-refractivity contribution in [2.75, 3.05) is 19.8 Å². The van der Waals surface area contributed by atoms with Crippen LogP contribution in [-0.4, -0.2) is 140 Å². The summed E-state index contributed by atoms with van der Waals surface area (Å²) in [4.78, 5) is 13.2. The number of carbonyl (C=O) groups excluding carboxylic acids is 1. The summed E-state index contributed by atoms with van der Waals surface area (Å²) in [5.74, 6) is -0.238. The van der Waals surface area contributed by atoms with Crippen molar-refractivity contribution in [1.82, 2.24) is 5.32 Å². The van der Waals surface area contributed by atoms with E-state index in [1.54, 1.807) is 0 Å². The third-order valence-electron chi connectivity index (χ3n) is 14.2. The third-order valence-corrected chi connectivity index (χ3v) is 14.2. The Hall–Kier alpha value is -3.61. The summed E-state index contributed by atoms with van der Waals surface area (Å²) < 4.78 is 22.8. The first-order valence-corrected chi connectivity index (χ1v) is 30.8. The first kappa shape index (κ1) is 72.5. The molecule has 0 aromatic carbocycles. The third kappa shape index (κ3) is 34.7. The molecule has 14 heteroatoms. The van der Waals surface area contributed by atoms with Gasteiger partial charge in [-0.3, -0.25) is 4.79 Å². The second-order valence-corrected chi connectivity index (χ2v) is 21.1. The van der Waals surface area contributed by atoms with Crippen molar-refractivity contribution in [3.63, 3.8) is 0 Å². The molecule has 0 aliphatic carbocycles. The van der Waals surface area contributed by atoms with Gasteiger partial charge in [0.15, 0.2) is 12.6 Å². The second-order valence-electron chi connectivity index (χ2n) is 21.1. The van der Waals surface area contributed by atoms with Crippen molar-refractivity contribution in [3.05, 3.63) is 122 Å². The van der Waals surface area contributed by atoms with Gasteiger partial charge in [-0.15, -0.1) is 0 Å². The summed E-state index contributed by atoms with van der Waals surface area (Å²) in [5.41, 5.74) is 0. The number of carbonyl (C=O) groups is 1. The molecule has 9 N–H and O–H groups in total. The van der Waals surface area contributed by atoms with E-state index in [4.69, 9.17) is 18.9 Å². The molecule has 0 spiro atoms. The zero-order valence-electron chi connectivity index (χ0n) is 49.0. The number of unbranched alkanes of at least 4 members (excludes halogenated alkanes) is 14. The van der Waals surface area contributed by atoms with Crippen LogP contribution in [0.3, 0.4) is 0 Å². The minimum atomic E-state index is -1.79. The Labute approximate surface area is 482 Å². The van der Waals surface area contributed by atoms with Gasteiger partial charge in [0.25, 0.3) is 0 Å². The summed E-state index contributed by atoms with van der Waals surface area (Å²) in [6.45, 7) is 2.69. The number of hydrogen-bond donors (Lipinski definition) is 9. The van der Waals surface area contributed by atoms with Crippen molar-refractivity contribution >= 4 is 5.91 Å². The zero-order chi connectivity index (χ0) is 58.1. The van der Waals surface area contributed by atoms with Gasteiger partial charge in [0.1, 0.15) is 48.8 Å². The highest BCUT2D eigenvalue weighted by Gasteiger charge is 2.51. The van der Waals surface area contributed by atoms with Gasteiger partial charge in [0.2, 0.25) is 5.91 Å². The van der Waals surface area contributed by atoms with E-state index in [0.717, 1.165) is 116 Å². The Bertz CT molecular complexity index is 1800. The minimum absolute atomic E-state index is 0.238. The number of aliphatic hydroxyl groups excluding tert-OH is 8. The van der Waals surface area contributed by atoms with Crippen LogP contribution in [-0.2, 0) is 23.7 Å². The van der Waals surface area contributed by atoms with Crippen molar-refractivity contribution in [2.45, 2.75) is 267 Å². The highest BCUT2D eigenvalue weighted by Crippen LogP contribution is 2.30. The molecule has 456 valence electrons. The van der Waals surface area contributed by atoms with Gasteiger partial charge in [-0.1, -0.05) is 219 Å². The fourth-order valence-corrected chi connectivity index (χ4v) is 9.26. The minimum Gasteiger partial charge on any atom is -0.394 e. The van der Waals surface area contributed by atoms with E-state index >= 15 is 0 Å². The fraction of sp³-hybridized carbons (Fsp3) is 0.682. The fourth-order valence-electron chi connectivity index (χ4n) is 9.26. The number of nitrogens with one attached hydrogen (secondary N) is 1. The van der Waals surface area contributed by atoms with Crippen LogP contribution in [0.15, 0.2) is 122 Å². The standard InChI is InChI=1S/C66H109NO13/c1-3-5-7-9-11-13-15-16-17-18-19-20-21-22-23-24-25-26-27-28-29-30-31-32-33-34-35-36-37-38-40-42-44-46-48-50-58(71)67-54(55(70)49-47-45-43-41-39-14-12-10-8-6-4-2)53-77-65-63(76)61(74)64(57(52-69)79-65)80-66-62(75)60(73)59(72)56(51-68)78-66/h5,7,11,13,16-17,19-20,22-23,25-26,28-29,31-32,34-35,37-38,54-57,59-66,68-70,72-76H,3-4,6,8-10,12,14-15,18,21,24,27,30,33,36,39-53H2,1-2H3,(H,67,71)/b7-5-,13-11-,17-16-,20-19-,23-22-,26-25-,29-28-,32-31-,35-34-,38-37-. The maximum Gasteiger partial charge on any atom is 0.220 e. The number of allylic oxidation sites excluding steroid dienone is 20. The van der Waals surface area contributed by atoms with E-state index in [-0.39, 0.29) is 18.9 Å². The second kappa shape index (κ2) is 50.0. The number of ether oxygens (including phenoxy) is 4. The average Bonchev–Trinajstić information content (AvgIpc) is 3.46. The Morgan fingerprint density at radius 1 is 0.463 bits per heavy atom. The van der Waals surface area contributed by atoms with Gasteiger partial charge in [-0.05, 0) is 89.9 Å². The highest BCUT2D eigenvalue weighted by atomic mass is 16.7. The van der Waals surface area contributed by atoms with E-state index in [1.165, 1.54) is 44.9 Å². The van der Waals surface area contributed by atoms with Crippen LogP contribution in [0.25, 0.3) is 0 Å². The first-order valence-electron chi connectivity index (χ1n) is 30.8. The molecule has 2 aliphatic heterocycles. The summed E-state index contributed by atoms with van der Waals surface area (Å²) in [6, 6.07) is -0.850. The average molecular weight is 1120 g/mol. The van der Waals surface area contributed by atoms with Gasteiger partial charge in [-0.2, -0.15) is 0 Å². The summed E-state index contributed by atoms with van der Waals surface area (Å²) in [5, 5.41) is 87.1. The number of rotatable bonds is 47. The quantitative estimate of drug-likeness (QED) is 0.0204. The van der Waals surface area contributed by atoms with E-state index in [2.05, 4.69) is 141 Å². The molecule has 0 aromatic rings. The maximum atomic E-state index is 13.2. The van der Waals surface area contributed by atoms with Crippen LogP contribution in [0.5, 0.6) is 0 Å². The molecule has 0 saturated carbocycles. The normalized spacial score (nSPS) is 25.1. The van der Waals surface area contributed by atoms with Crippen LogP contribution in [0, 0.1) is 0 Å². The van der Waals surface area contributed by atoms with Gasteiger partial charge < -0.3 is 65.1 Å². The van der Waals surface area contributed by atoms with Gasteiger partial charge >= 0.3 is 0 Å². The van der Waals surface area contributed by atoms with Gasteiger partial charge in [-0.25, -0.2) is 0 Å². The molecule has 12 atom stereocenters. The van der Waals surface area contributed by atoms with E-state index in [9.17, 15) is 45.6 Å². The van der Waals surface area contributed by atoms with Gasteiger partial charge in [0.05, 0.1) is 32.0 Å². The molecule has 12 unspecified atom stereocenters. The Morgan fingerprint density at radius 2 is 0.863 bits per heavy atom. The van der Waals surface area contributed by atoms with Crippen LogP contribution in [0.1, 0.15) is 194 Å². The lowest BCUT2D eigenvalue weighted by Gasteiger charge is -2.46. The van der Waals surface area contributed by atoms with Crippen LogP contribution in [0.2, 0.25) is 0 Å². The van der Waals surface area contributed by atoms with E-state index < -0.39 is 86.8 Å². The molecule has 1 amide bonds. The lowest BCUT2D eigenvalue weighted by molar-refractivity contribution is -0.359. The van der Waals surface area contributed by atoms with Crippen molar-refractivity contribution in [3.8, 4) is 0 Å². The molecule has 2 rings (SSSR count). The van der Waals surface area contributed by atoms with Crippen LogP contribution < -0.4 is 5.32 Å². The van der Waals surface area contributed by atoms with Crippen molar-refractivity contribution < 1.29 is 64.6 Å². The molecular weight excluding hydrogens is 1010 g/mol. The Balaban J connectivity index is 1.68. The molecule has 0 radical (unpaired) electrons. The lowest BCUT2D eigenvalue weighted by atomic mass is 9.97. The summed E-state index contributed by atoms with van der Waals surface area (Å²) in [6.07, 6.45) is 55.0. The van der Waals surface area contributed by atoms with Crippen molar-refractivity contribution in [2.24, 2.45) is 0 Å². The molecule has 80 heavy (non-hydrogen) atoms. The summed E-state index contributed by atoms with van der Waals surface area (Å²) >= 11 is 0. The molecule has 0 bridgehead atoms. The largest absolute Gasteiger partial charge is 0.394 e. The molecule has 2 fully saturated rings. The van der Waals surface area contributed by atoms with E-state index in [1.807, 2.05) is 0 Å². The van der Waals surface area contributed by atoms with E-state index in [0.29, 0.717) is 12.8 Å². The predicted octanol–water partition coefficient (Wildman–Crippen LogP) is 11.0. The van der Waals surface area contributed by atoms with Crippen molar-refractivity contribution in [1.29, 1.82) is 0 Å². The molecule has 2 aliphatic rings. The molecule has 2 heterocycles. The first-order chi connectivity index (χ1) is 39.1. The topological polar surface area (TPSA) is 228 Å². The Kier molecular flexibility index (Phi) is 45.3. The SMILES string of the molecule is CC/C=C\C/C=C\C/C=C\C/C=C\C/C=C\C/C=C\C/C=C\C/C=C\C/C=C\C/C=C\CCCCCCC(=O)NC(COC1OC(CO)C(OC2OC(CO)C(O)C(O)C2O)C(O)C1O)C(O)CCCCCCCCCCCCC. The summed E-state index contributed by atoms with van der Waals surface area (Å²) in [7, 11) is 0. The molecular formula is C66H109NO13. The number of amides is 1. The molecule has 14 nitrogen and oxygen atoms in total. The maximum absolute atomic E-state index is 13.2. The molecule has 2 saturated heterocycles. The van der Waals surface area contributed by atoms with Gasteiger partial charge in [0, 0.05) is 6.42 Å². The molecule has 0 aromatic heterocycles. The predicted molar refractivity (Wildman–Crippen MR) is 322 cm³/mol.